The molecule has 1 fully saturated rings. The molecule has 1 amide bonds. The second-order valence-corrected chi connectivity index (χ2v) is 6.82. The van der Waals surface area contributed by atoms with Crippen molar-refractivity contribution >= 4 is 26.1 Å². The molecule has 0 spiro atoms. The molecule has 1 aromatic rings. The van der Waals surface area contributed by atoms with Crippen LogP contribution in [0.2, 0.25) is 0 Å². The first-order chi connectivity index (χ1) is 9.36. The summed E-state index contributed by atoms with van der Waals surface area (Å²) in [6.07, 6.45) is 6.09. The molecule has 2 rings (SSSR count). The van der Waals surface area contributed by atoms with Crippen LogP contribution in [0.25, 0.3) is 0 Å². The molecular weight excluding hydrogens is 321 g/mol. The Hall–Kier alpha value is -0.0200. The van der Waals surface area contributed by atoms with E-state index in [9.17, 15) is 4.79 Å². The number of carbonyl (C=O) groups is 1. The fourth-order valence-corrected chi connectivity index (χ4v) is 2.11. The van der Waals surface area contributed by atoms with E-state index in [1.54, 1.807) is 0 Å². The zero-order chi connectivity index (χ0) is 15.0. The molecule has 8 heteroatoms. The third kappa shape index (κ3) is 11.2. The van der Waals surface area contributed by atoms with Crippen LogP contribution in [0.3, 0.4) is 0 Å². The smallest absolute Gasteiger partial charge is 1.00 e. The number of rotatable bonds is 2. The molecule has 21 heavy (non-hydrogen) atoms. The molecule has 1 aliphatic carbocycles. The number of amides is 1. The van der Waals surface area contributed by atoms with E-state index < -0.39 is 9.05 Å². The van der Waals surface area contributed by atoms with Gasteiger partial charge in [-0.2, -0.15) is 4.21 Å². The fraction of sp³-hybridized carbons (Fsp3) is 0.462. The molecule has 0 aromatic heterocycles. The maximum atomic E-state index is 11.8. The molecule has 0 saturated heterocycles. The summed E-state index contributed by atoms with van der Waals surface area (Å²) in [5.74, 6) is 0.0718. The quantitative estimate of drug-likeness (QED) is 0.634. The maximum absolute atomic E-state index is 11.8. The number of hydrogen-bond donors (Lipinski definition) is 3. The summed E-state index contributed by atoms with van der Waals surface area (Å²) in [6, 6.07) is 9.84. The van der Waals surface area contributed by atoms with Crippen LogP contribution in [0.15, 0.2) is 30.3 Å². The van der Waals surface area contributed by atoms with E-state index in [0.29, 0.717) is 6.04 Å². The summed E-state index contributed by atoms with van der Waals surface area (Å²) in [5, 5.41) is 3.10. The van der Waals surface area contributed by atoms with Crippen molar-refractivity contribution in [3.63, 3.8) is 0 Å². The van der Waals surface area contributed by atoms with Crippen molar-refractivity contribution in [2.24, 2.45) is 0 Å². The third-order valence-corrected chi connectivity index (χ3v) is 2.98. The molecule has 3 N–H and O–H groups in total. The minimum atomic E-state index is -3.83. The summed E-state index contributed by atoms with van der Waals surface area (Å²) < 4.78 is 24.0. The van der Waals surface area contributed by atoms with Gasteiger partial charge in [0.25, 0.3) is 15.0 Å². The van der Waals surface area contributed by atoms with Crippen molar-refractivity contribution in [2.45, 2.75) is 38.1 Å². The normalized spacial score (nSPS) is 15.1. The van der Waals surface area contributed by atoms with Crippen molar-refractivity contribution in [2.75, 3.05) is 0 Å². The van der Waals surface area contributed by atoms with Gasteiger partial charge in [-0.15, -0.1) is 0 Å². The molecular formula is C13H20NNaO4S2. The van der Waals surface area contributed by atoms with Gasteiger partial charge in [-0.05, 0) is 25.0 Å². The Balaban J connectivity index is 0. The minimum Gasteiger partial charge on any atom is -1.00 e. The molecule has 1 saturated carbocycles. The molecule has 0 heterocycles. The van der Waals surface area contributed by atoms with Crippen molar-refractivity contribution in [1.29, 1.82) is 0 Å². The first-order valence-corrected chi connectivity index (χ1v) is 8.82. The molecule has 0 bridgehead atoms. The van der Waals surface area contributed by atoms with Crippen LogP contribution in [0.4, 0.5) is 0 Å². The molecule has 0 unspecified atom stereocenters. The first kappa shape index (κ1) is 21.0. The van der Waals surface area contributed by atoms with Gasteiger partial charge in [0.1, 0.15) is 0 Å². The van der Waals surface area contributed by atoms with E-state index in [0.717, 1.165) is 18.4 Å². The largest absolute Gasteiger partial charge is 1.00 e. The van der Waals surface area contributed by atoms with Gasteiger partial charge in [-0.1, -0.05) is 37.5 Å². The predicted octanol–water partition coefficient (Wildman–Crippen LogP) is -0.456. The van der Waals surface area contributed by atoms with Gasteiger partial charge in [-0.3, -0.25) is 13.9 Å². The predicted molar refractivity (Wildman–Crippen MR) is 82.7 cm³/mol. The Bertz CT molecular complexity index is 514. The Morgan fingerprint density at radius 1 is 1.19 bits per heavy atom. The maximum Gasteiger partial charge on any atom is 1.00 e. The Morgan fingerprint density at radius 2 is 1.67 bits per heavy atom. The topological polar surface area (TPSA) is 86.6 Å². The van der Waals surface area contributed by atoms with Crippen molar-refractivity contribution < 1.29 is 49.1 Å². The van der Waals surface area contributed by atoms with E-state index in [2.05, 4.69) is 16.5 Å². The molecule has 0 atom stereocenters. The third-order valence-electron chi connectivity index (χ3n) is 2.98. The van der Waals surface area contributed by atoms with Gasteiger partial charge < -0.3 is 6.74 Å². The summed E-state index contributed by atoms with van der Waals surface area (Å²) >= 11 is 3.47. The molecule has 0 radical (unpaired) electrons. The van der Waals surface area contributed by atoms with E-state index >= 15 is 0 Å². The van der Waals surface area contributed by atoms with Gasteiger partial charge in [0, 0.05) is 22.8 Å². The monoisotopic (exact) mass is 341 g/mol. The fourth-order valence-electron chi connectivity index (χ4n) is 2.11. The van der Waals surface area contributed by atoms with E-state index in [-0.39, 0.29) is 36.9 Å². The standard InChI is InChI=1S/C13H17NO.Na.H2O3S2.H/c15-13(11-7-3-1-4-8-11)14-12-9-5-2-6-10-12;;1-5(2,3)4;/h1,3-4,7-8,12H,2,5-6,9-10H2,(H,14,15);;(H2,1,2,3,4);/q;+1;;-1. The number of carbonyl (C=O) groups excluding carboxylic acids is 1. The second kappa shape index (κ2) is 10.7. The average molecular weight is 341 g/mol. The van der Waals surface area contributed by atoms with Crippen LogP contribution in [-0.2, 0) is 20.2 Å². The van der Waals surface area contributed by atoms with Gasteiger partial charge in [0.2, 0.25) is 0 Å². The van der Waals surface area contributed by atoms with Gasteiger partial charge in [0.05, 0.1) is 0 Å². The van der Waals surface area contributed by atoms with Crippen molar-refractivity contribution in [3.8, 4) is 0 Å². The van der Waals surface area contributed by atoms with Crippen LogP contribution in [0, 0.1) is 0 Å². The van der Waals surface area contributed by atoms with Crippen LogP contribution in [-0.4, -0.2) is 25.3 Å². The zero-order valence-corrected chi connectivity index (χ0v) is 15.7. The Kier molecular flexibility index (Phi) is 10.7. The van der Waals surface area contributed by atoms with Crippen LogP contribution < -0.4 is 34.9 Å². The SMILES string of the molecule is O=C(NC1CCCCC1)c1ccccc1.O=S(O)(O)=S.[H-].[Na+]. The van der Waals surface area contributed by atoms with Crippen molar-refractivity contribution in [3.05, 3.63) is 35.9 Å². The van der Waals surface area contributed by atoms with Crippen LogP contribution in [0.5, 0.6) is 0 Å². The first-order valence-electron chi connectivity index (χ1n) is 6.42. The summed E-state index contributed by atoms with van der Waals surface area (Å²) in [6.45, 7) is 0. The summed E-state index contributed by atoms with van der Waals surface area (Å²) in [4.78, 5) is 11.8. The Morgan fingerprint density at radius 3 is 2.14 bits per heavy atom. The number of benzene rings is 1. The minimum absolute atomic E-state index is 0. The van der Waals surface area contributed by atoms with Crippen LogP contribution in [0.1, 0.15) is 43.9 Å². The molecule has 1 aromatic carbocycles. The van der Waals surface area contributed by atoms with E-state index in [1.807, 2.05) is 30.3 Å². The summed E-state index contributed by atoms with van der Waals surface area (Å²) in [7, 11) is -3.83. The van der Waals surface area contributed by atoms with Crippen LogP contribution >= 0.6 is 0 Å². The zero-order valence-electron chi connectivity index (χ0n) is 13.0. The van der Waals surface area contributed by atoms with E-state index in [1.165, 1.54) is 19.3 Å². The molecule has 0 aliphatic heterocycles. The molecule has 114 valence electrons. The van der Waals surface area contributed by atoms with E-state index in [4.69, 9.17) is 13.3 Å². The van der Waals surface area contributed by atoms with Crippen molar-refractivity contribution in [1.82, 2.24) is 5.32 Å². The second-order valence-electron chi connectivity index (χ2n) is 4.62. The number of nitrogens with one attached hydrogen (secondary N) is 1. The summed E-state index contributed by atoms with van der Waals surface area (Å²) in [5.41, 5.74) is 0.767. The molecule has 5 nitrogen and oxygen atoms in total. The van der Waals surface area contributed by atoms with Gasteiger partial charge in [-0.25, -0.2) is 0 Å². The van der Waals surface area contributed by atoms with Gasteiger partial charge in [0.15, 0.2) is 0 Å². The Labute approximate surface area is 154 Å². The molecule has 1 aliphatic rings. The number of hydrogen-bond acceptors (Lipinski definition) is 3. The van der Waals surface area contributed by atoms with Gasteiger partial charge >= 0.3 is 29.6 Å². The average Bonchev–Trinajstić information content (AvgIpc) is 2.39.